The summed E-state index contributed by atoms with van der Waals surface area (Å²) in [6, 6.07) is 8.07. The highest BCUT2D eigenvalue weighted by atomic mass is 16.5. The van der Waals surface area contributed by atoms with Gasteiger partial charge in [0.2, 0.25) is 0 Å². The minimum Gasteiger partial charge on any atom is -0.489 e. The van der Waals surface area contributed by atoms with Gasteiger partial charge in [-0.05, 0) is 30.2 Å². The Hall–Kier alpha value is -1.54. The molecule has 0 unspecified atom stereocenters. The highest BCUT2D eigenvalue weighted by molar-refractivity contribution is 5.28. The van der Waals surface area contributed by atoms with Gasteiger partial charge in [-0.15, -0.1) is 6.58 Å². The van der Waals surface area contributed by atoms with Crippen molar-refractivity contribution in [3.05, 3.63) is 54.6 Å². The Labute approximate surface area is 97.6 Å². The first kappa shape index (κ1) is 12.5. The third kappa shape index (κ3) is 4.80. The monoisotopic (exact) mass is 217 g/mol. The Morgan fingerprint density at radius 1 is 1.50 bits per heavy atom. The molecule has 86 valence electrons. The first-order valence-corrected chi connectivity index (χ1v) is 5.40. The summed E-state index contributed by atoms with van der Waals surface area (Å²) in [5.41, 5.74) is 2.23. The second kappa shape index (κ2) is 6.85. The van der Waals surface area contributed by atoms with E-state index < -0.39 is 0 Å². The molecule has 0 aliphatic heterocycles. The Morgan fingerprint density at radius 3 is 3.00 bits per heavy atom. The van der Waals surface area contributed by atoms with Crippen molar-refractivity contribution in [3.63, 3.8) is 0 Å². The minimum atomic E-state index is 0.573. The molecule has 1 aromatic rings. The van der Waals surface area contributed by atoms with E-state index in [1.165, 1.54) is 5.56 Å². The van der Waals surface area contributed by atoms with E-state index >= 15 is 0 Å². The molecule has 0 radical (unpaired) electrons. The molecule has 0 atom stereocenters. The molecule has 0 aromatic heterocycles. The molecule has 1 rings (SSSR count). The van der Waals surface area contributed by atoms with Crippen LogP contribution in [0.5, 0.6) is 5.75 Å². The quantitative estimate of drug-likeness (QED) is 0.560. The van der Waals surface area contributed by atoms with Crippen LogP contribution >= 0.6 is 0 Å². The fraction of sp³-hybridized carbons (Fsp3) is 0.286. The zero-order chi connectivity index (χ0) is 11.8. The van der Waals surface area contributed by atoms with Crippen molar-refractivity contribution in [3.8, 4) is 5.75 Å². The summed E-state index contributed by atoms with van der Waals surface area (Å²) in [7, 11) is 0. The summed E-state index contributed by atoms with van der Waals surface area (Å²) in [6.07, 6.45) is 1.85. The number of benzene rings is 1. The number of rotatable bonds is 7. The first-order valence-electron chi connectivity index (χ1n) is 5.40. The summed E-state index contributed by atoms with van der Waals surface area (Å²) in [4.78, 5) is 0. The maximum absolute atomic E-state index is 5.57. The van der Waals surface area contributed by atoms with Crippen molar-refractivity contribution in [2.75, 3.05) is 13.2 Å². The topological polar surface area (TPSA) is 21.3 Å². The lowest BCUT2D eigenvalue weighted by Gasteiger charge is -2.08. The van der Waals surface area contributed by atoms with E-state index in [1.54, 1.807) is 0 Å². The third-order valence-corrected chi connectivity index (χ3v) is 2.00. The minimum absolute atomic E-state index is 0.573. The lowest BCUT2D eigenvalue weighted by molar-refractivity contribution is 0.352. The molecule has 2 heteroatoms. The average Bonchev–Trinajstić information content (AvgIpc) is 2.27. The predicted octanol–water partition coefficient (Wildman–Crippen LogP) is 2.92. The van der Waals surface area contributed by atoms with Crippen molar-refractivity contribution in [2.45, 2.75) is 13.5 Å². The van der Waals surface area contributed by atoms with Crippen LogP contribution in [0, 0.1) is 0 Å². The summed E-state index contributed by atoms with van der Waals surface area (Å²) in [5.74, 6) is 0.890. The van der Waals surface area contributed by atoms with Gasteiger partial charge in [0.05, 0.1) is 0 Å². The lowest BCUT2D eigenvalue weighted by Crippen LogP contribution is -2.12. The van der Waals surface area contributed by atoms with Crippen LogP contribution < -0.4 is 10.1 Å². The van der Waals surface area contributed by atoms with Crippen LogP contribution in [0.4, 0.5) is 0 Å². The summed E-state index contributed by atoms with van der Waals surface area (Å²) in [6.45, 7) is 11.6. The zero-order valence-electron chi connectivity index (χ0n) is 9.83. The molecule has 1 N–H and O–H groups in total. The fourth-order valence-corrected chi connectivity index (χ4v) is 1.27. The van der Waals surface area contributed by atoms with E-state index in [2.05, 4.69) is 24.5 Å². The van der Waals surface area contributed by atoms with Crippen molar-refractivity contribution in [1.29, 1.82) is 0 Å². The molecular formula is C14H19NO. The molecule has 0 amide bonds. The molecule has 0 saturated carbocycles. The highest BCUT2D eigenvalue weighted by Crippen LogP contribution is 2.13. The van der Waals surface area contributed by atoms with Gasteiger partial charge in [-0.2, -0.15) is 0 Å². The van der Waals surface area contributed by atoms with Gasteiger partial charge in [0.15, 0.2) is 0 Å². The Bertz CT molecular complexity index is 358. The van der Waals surface area contributed by atoms with Crippen LogP contribution in [0.2, 0.25) is 0 Å². The van der Waals surface area contributed by atoms with Crippen LogP contribution in [0.1, 0.15) is 12.5 Å². The number of hydrogen-bond acceptors (Lipinski definition) is 2. The van der Waals surface area contributed by atoms with Gasteiger partial charge in [0.25, 0.3) is 0 Å². The smallest absolute Gasteiger partial charge is 0.120 e. The number of ether oxygens (including phenoxy) is 1. The maximum Gasteiger partial charge on any atom is 0.120 e. The summed E-state index contributed by atoms with van der Waals surface area (Å²) < 4.78 is 5.57. The van der Waals surface area contributed by atoms with Crippen molar-refractivity contribution in [1.82, 2.24) is 5.32 Å². The van der Waals surface area contributed by atoms with E-state index in [9.17, 15) is 0 Å². The molecule has 0 spiro atoms. The molecule has 0 fully saturated rings. The largest absolute Gasteiger partial charge is 0.489 e. The Morgan fingerprint density at radius 2 is 2.31 bits per heavy atom. The lowest BCUT2D eigenvalue weighted by atomic mass is 10.2. The van der Waals surface area contributed by atoms with Gasteiger partial charge in [-0.25, -0.2) is 0 Å². The van der Waals surface area contributed by atoms with Crippen LogP contribution in [-0.4, -0.2) is 13.2 Å². The zero-order valence-corrected chi connectivity index (χ0v) is 9.83. The second-order valence-corrected chi connectivity index (χ2v) is 3.81. The molecule has 0 saturated heterocycles. The van der Waals surface area contributed by atoms with Crippen LogP contribution in [0.25, 0.3) is 0 Å². The van der Waals surface area contributed by atoms with Crippen LogP contribution in [0.15, 0.2) is 49.1 Å². The van der Waals surface area contributed by atoms with Crippen molar-refractivity contribution < 1.29 is 4.74 Å². The normalized spacial score (nSPS) is 9.81. The molecule has 16 heavy (non-hydrogen) atoms. The predicted molar refractivity (Wildman–Crippen MR) is 68.7 cm³/mol. The average molecular weight is 217 g/mol. The standard InChI is InChI=1S/C14H19NO/c1-4-8-15-10-13-6-5-7-14(9-13)16-11-12(2)3/h4-7,9,15H,1-2,8,10-11H2,3H3. The van der Waals surface area contributed by atoms with E-state index in [-0.39, 0.29) is 0 Å². The number of nitrogens with one attached hydrogen (secondary N) is 1. The van der Waals surface area contributed by atoms with E-state index in [0.717, 1.165) is 24.4 Å². The fourth-order valence-electron chi connectivity index (χ4n) is 1.27. The molecular weight excluding hydrogens is 198 g/mol. The summed E-state index contributed by atoms with van der Waals surface area (Å²) >= 11 is 0. The van der Waals surface area contributed by atoms with Crippen molar-refractivity contribution in [2.24, 2.45) is 0 Å². The molecule has 0 aliphatic carbocycles. The molecule has 0 bridgehead atoms. The van der Waals surface area contributed by atoms with Gasteiger partial charge in [-0.3, -0.25) is 0 Å². The van der Waals surface area contributed by atoms with Crippen molar-refractivity contribution >= 4 is 0 Å². The summed E-state index contributed by atoms with van der Waals surface area (Å²) in [5, 5.41) is 3.25. The molecule has 0 aliphatic rings. The molecule has 1 aromatic carbocycles. The Kier molecular flexibility index (Phi) is 5.37. The van der Waals surface area contributed by atoms with Gasteiger partial charge < -0.3 is 10.1 Å². The second-order valence-electron chi connectivity index (χ2n) is 3.81. The highest BCUT2D eigenvalue weighted by Gasteiger charge is 1.96. The van der Waals surface area contributed by atoms with Gasteiger partial charge in [-0.1, -0.05) is 24.8 Å². The van der Waals surface area contributed by atoms with E-state index in [4.69, 9.17) is 4.74 Å². The first-order chi connectivity index (χ1) is 7.72. The SMILES string of the molecule is C=CCNCc1cccc(OCC(=C)C)c1. The van der Waals surface area contributed by atoms with Crippen LogP contribution in [0.3, 0.4) is 0 Å². The molecule has 0 heterocycles. The maximum atomic E-state index is 5.57. The number of hydrogen-bond donors (Lipinski definition) is 1. The van der Waals surface area contributed by atoms with E-state index in [1.807, 2.05) is 31.2 Å². The van der Waals surface area contributed by atoms with Gasteiger partial charge in [0, 0.05) is 13.1 Å². The molecule has 2 nitrogen and oxygen atoms in total. The van der Waals surface area contributed by atoms with Gasteiger partial charge in [0.1, 0.15) is 12.4 Å². The van der Waals surface area contributed by atoms with E-state index in [0.29, 0.717) is 6.61 Å². The van der Waals surface area contributed by atoms with Gasteiger partial charge >= 0.3 is 0 Å². The van der Waals surface area contributed by atoms with Crippen LogP contribution in [-0.2, 0) is 6.54 Å². The third-order valence-electron chi connectivity index (χ3n) is 2.00. The Balaban J connectivity index is 2.49.